The molecule has 0 saturated heterocycles. The Balaban J connectivity index is 1.14. The van der Waals surface area contributed by atoms with E-state index < -0.39 is 0 Å². The Morgan fingerprint density at radius 3 is 2.11 bits per heavy atom. The average molecular weight is 712 g/mol. The first-order valence-electron chi connectivity index (χ1n) is 18.6. The number of rotatable bonds is 5. The Labute approximate surface area is 318 Å². The van der Waals surface area contributed by atoms with Crippen molar-refractivity contribution in [3.63, 3.8) is 0 Å². The Hall–Kier alpha value is -7.05. The molecule has 1 aliphatic heterocycles. The van der Waals surface area contributed by atoms with Gasteiger partial charge in [-0.2, -0.15) is 0 Å². The zero-order valence-corrected chi connectivity index (χ0v) is 30.6. The lowest BCUT2D eigenvalue weighted by molar-refractivity contribution is 0.420. The quantitative estimate of drug-likeness (QED) is 0.140. The van der Waals surface area contributed by atoms with Crippen LogP contribution in [0.2, 0.25) is 0 Å². The van der Waals surface area contributed by atoms with E-state index in [2.05, 4.69) is 144 Å². The van der Waals surface area contributed by atoms with Crippen molar-refractivity contribution in [1.29, 1.82) is 0 Å². The van der Waals surface area contributed by atoms with Crippen LogP contribution in [0.3, 0.4) is 0 Å². The van der Waals surface area contributed by atoms with E-state index in [-0.39, 0.29) is 5.41 Å². The van der Waals surface area contributed by atoms with Gasteiger partial charge in [0, 0.05) is 66.5 Å². The van der Waals surface area contributed by atoms with Gasteiger partial charge in [-0.25, -0.2) is 9.98 Å². The number of aromatic amines is 1. The second kappa shape index (κ2) is 12.8. The molecule has 0 bridgehead atoms. The van der Waals surface area contributed by atoms with Crippen LogP contribution in [0.4, 0.5) is 0 Å². The molecule has 0 saturated carbocycles. The van der Waals surface area contributed by atoms with Crippen molar-refractivity contribution >= 4 is 62.0 Å². The summed E-state index contributed by atoms with van der Waals surface area (Å²) in [5.41, 5.74) is 10.3. The number of para-hydroxylation sites is 2. The summed E-state index contributed by atoms with van der Waals surface area (Å²) in [6.45, 7) is 8.95. The van der Waals surface area contributed by atoms with Gasteiger partial charge in [0.15, 0.2) is 11.7 Å². The number of aliphatic imine (C=N–C) groups is 3. The van der Waals surface area contributed by atoms with Crippen LogP contribution in [-0.4, -0.2) is 27.9 Å². The van der Waals surface area contributed by atoms with Gasteiger partial charge in [-0.05, 0) is 54.7 Å². The van der Waals surface area contributed by atoms with Crippen molar-refractivity contribution in [2.75, 3.05) is 0 Å². The molecule has 2 aromatic heterocycles. The number of amidine groups is 2. The van der Waals surface area contributed by atoms with Gasteiger partial charge in [-0.15, -0.1) is 0 Å². The number of fused-ring (bicyclic) bond motifs is 8. The van der Waals surface area contributed by atoms with Gasteiger partial charge in [-0.3, -0.25) is 4.99 Å². The Kier molecular flexibility index (Phi) is 7.59. The first kappa shape index (κ1) is 32.6. The van der Waals surface area contributed by atoms with Crippen LogP contribution < -0.4 is 4.74 Å². The zero-order chi connectivity index (χ0) is 37.1. The van der Waals surface area contributed by atoms with Crippen LogP contribution in [0.25, 0.3) is 49.3 Å². The molecule has 1 aliphatic rings. The van der Waals surface area contributed by atoms with Gasteiger partial charge >= 0.3 is 0 Å². The van der Waals surface area contributed by atoms with E-state index >= 15 is 0 Å². The summed E-state index contributed by atoms with van der Waals surface area (Å²) in [5.74, 6) is 2.88. The molecule has 264 valence electrons. The van der Waals surface area contributed by atoms with Crippen molar-refractivity contribution < 1.29 is 4.74 Å². The highest BCUT2D eigenvalue weighted by molar-refractivity contribution is 6.14. The lowest BCUT2D eigenvalue weighted by Gasteiger charge is -2.34. The van der Waals surface area contributed by atoms with Crippen LogP contribution in [0.5, 0.6) is 11.5 Å². The maximum absolute atomic E-state index is 6.81. The molecule has 0 radical (unpaired) electrons. The number of nitrogens with zero attached hydrogens (tertiary/aromatic N) is 4. The third-order valence-electron chi connectivity index (χ3n) is 11.0. The number of benzene rings is 7. The minimum atomic E-state index is -0.329. The third-order valence-corrected chi connectivity index (χ3v) is 11.0. The Morgan fingerprint density at radius 1 is 0.600 bits per heavy atom. The molecule has 7 aromatic carbocycles. The van der Waals surface area contributed by atoms with E-state index in [4.69, 9.17) is 14.7 Å². The van der Waals surface area contributed by atoms with Gasteiger partial charge in [0.25, 0.3) is 0 Å². The maximum Gasteiger partial charge on any atom is 0.161 e. The van der Waals surface area contributed by atoms with E-state index in [9.17, 15) is 0 Å². The SMILES string of the molecule is C=NC(=NC(=NCc1ccccc1)c1cccc(-n2c3ccccc3c3cc4c(cc32)C(C)(C)c2cc3c(cc2O4)[nH]c2ccccc23)c1)c1ccccc1. The number of aromatic nitrogens is 2. The normalized spacial score (nSPS) is 13.9. The van der Waals surface area contributed by atoms with Crippen molar-refractivity contribution in [2.24, 2.45) is 15.0 Å². The van der Waals surface area contributed by atoms with Gasteiger partial charge < -0.3 is 14.3 Å². The van der Waals surface area contributed by atoms with Crippen LogP contribution in [0.15, 0.2) is 173 Å². The first-order valence-corrected chi connectivity index (χ1v) is 18.6. The summed E-state index contributed by atoms with van der Waals surface area (Å²) in [4.78, 5) is 18.0. The van der Waals surface area contributed by atoms with Crippen molar-refractivity contribution in [1.82, 2.24) is 9.55 Å². The van der Waals surface area contributed by atoms with E-state index in [1.807, 2.05) is 48.5 Å². The molecule has 0 aliphatic carbocycles. The molecule has 10 rings (SSSR count). The van der Waals surface area contributed by atoms with E-state index in [0.717, 1.165) is 72.3 Å². The summed E-state index contributed by atoms with van der Waals surface area (Å²) >= 11 is 0. The summed E-state index contributed by atoms with van der Waals surface area (Å²) in [5, 5.41) is 4.70. The molecule has 6 nitrogen and oxygen atoms in total. The minimum absolute atomic E-state index is 0.329. The number of nitrogens with one attached hydrogen (secondary N) is 1. The molecule has 6 heteroatoms. The van der Waals surface area contributed by atoms with E-state index in [1.54, 1.807) is 0 Å². The number of hydrogen-bond donors (Lipinski definition) is 1. The highest BCUT2D eigenvalue weighted by Crippen LogP contribution is 2.51. The molecule has 9 aromatic rings. The second-order valence-electron chi connectivity index (χ2n) is 14.6. The summed E-state index contributed by atoms with van der Waals surface area (Å²) in [7, 11) is 0. The minimum Gasteiger partial charge on any atom is -0.457 e. The summed E-state index contributed by atoms with van der Waals surface area (Å²) < 4.78 is 9.17. The third kappa shape index (κ3) is 5.45. The van der Waals surface area contributed by atoms with Crippen LogP contribution in [0, 0.1) is 0 Å². The van der Waals surface area contributed by atoms with Gasteiger partial charge in [0.2, 0.25) is 0 Å². The molecule has 0 spiro atoms. The van der Waals surface area contributed by atoms with Crippen LogP contribution in [-0.2, 0) is 12.0 Å². The molecule has 55 heavy (non-hydrogen) atoms. The van der Waals surface area contributed by atoms with Gasteiger partial charge in [0.05, 0.1) is 23.1 Å². The lowest BCUT2D eigenvalue weighted by atomic mass is 9.75. The number of H-pyrrole nitrogens is 1. The largest absolute Gasteiger partial charge is 0.457 e. The van der Waals surface area contributed by atoms with Gasteiger partial charge in [-0.1, -0.05) is 123 Å². The fourth-order valence-electron chi connectivity index (χ4n) is 8.16. The van der Waals surface area contributed by atoms with E-state index in [0.29, 0.717) is 18.2 Å². The molecule has 0 unspecified atom stereocenters. The van der Waals surface area contributed by atoms with Crippen molar-refractivity contribution in [2.45, 2.75) is 25.8 Å². The highest BCUT2D eigenvalue weighted by atomic mass is 16.5. The Morgan fingerprint density at radius 2 is 1.29 bits per heavy atom. The molecule has 1 N–H and O–H groups in total. The highest BCUT2D eigenvalue weighted by Gasteiger charge is 2.36. The van der Waals surface area contributed by atoms with Crippen LogP contribution >= 0.6 is 0 Å². The topological polar surface area (TPSA) is 67.0 Å². The van der Waals surface area contributed by atoms with Gasteiger partial charge in [0.1, 0.15) is 11.5 Å². The molecular weight excluding hydrogens is 675 g/mol. The predicted octanol–water partition coefficient (Wildman–Crippen LogP) is 11.9. The standard InChI is InChI=1S/C49H37N5O/c1-49(2)39-26-37-35-21-10-12-23-41(35)52-42(37)29-46(39)55-45-27-38-36-22-11-13-24-43(36)54(44(38)28-40(45)49)34-20-14-19-33(25-34)48(51-30-31-15-6-4-7-16-31)53-47(50-3)32-17-8-5-9-18-32/h4-29,52H,3,30H2,1-2H3. The maximum atomic E-state index is 6.81. The fraction of sp³-hybridized carbons (Fsp3) is 0.0816. The summed E-state index contributed by atoms with van der Waals surface area (Å²) in [6.07, 6.45) is 0. The lowest BCUT2D eigenvalue weighted by Crippen LogP contribution is -2.24. The molecule has 0 atom stereocenters. The molecule has 0 fully saturated rings. The fourth-order valence-corrected chi connectivity index (χ4v) is 8.16. The Bertz CT molecular complexity index is 3020. The number of hydrogen-bond acceptors (Lipinski definition) is 2. The average Bonchev–Trinajstić information content (AvgIpc) is 3.75. The first-order chi connectivity index (χ1) is 27.0. The second-order valence-corrected chi connectivity index (χ2v) is 14.6. The molecular formula is C49H37N5O. The summed E-state index contributed by atoms with van der Waals surface area (Å²) in [6, 6.07) is 54.7. The van der Waals surface area contributed by atoms with Crippen molar-refractivity contribution in [3.05, 3.63) is 186 Å². The number of ether oxygens (including phenoxy) is 1. The predicted molar refractivity (Wildman–Crippen MR) is 228 cm³/mol. The van der Waals surface area contributed by atoms with Crippen molar-refractivity contribution in [3.8, 4) is 17.2 Å². The molecule has 3 heterocycles. The zero-order valence-electron chi connectivity index (χ0n) is 30.6. The van der Waals surface area contributed by atoms with E-state index in [1.165, 1.54) is 16.3 Å². The van der Waals surface area contributed by atoms with Crippen LogP contribution in [0.1, 0.15) is 41.7 Å². The molecule has 0 amide bonds. The monoisotopic (exact) mass is 711 g/mol. The smallest absolute Gasteiger partial charge is 0.161 e.